The molecule has 3 nitrogen and oxygen atoms in total. The third-order valence-corrected chi connectivity index (χ3v) is 4.56. The second-order valence-electron chi connectivity index (χ2n) is 7.54. The van der Waals surface area contributed by atoms with E-state index < -0.39 is 0 Å². The van der Waals surface area contributed by atoms with Gasteiger partial charge in [-0.1, -0.05) is 32.9 Å². The van der Waals surface area contributed by atoms with Crippen LogP contribution in [0.5, 0.6) is 0 Å². The molecular formula is C21H26N2O. The summed E-state index contributed by atoms with van der Waals surface area (Å²) >= 11 is 0. The highest BCUT2D eigenvalue weighted by molar-refractivity contribution is 6.04. The minimum Gasteiger partial charge on any atom is -0.385 e. The molecule has 0 atom stereocenters. The topological polar surface area (TPSA) is 41.1 Å². The zero-order chi connectivity index (χ0) is 17.2. The molecule has 126 valence electrons. The maximum absolute atomic E-state index is 12.5. The first-order valence-corrected chi connectivity index (χ1v) is 8.72. The summed E-state index contributed by atoms with van der Waals surface area (Å²) in [6, 6.07) is 14.0. The van der Waals surface area contributed by atoms with Gasteiger partial charge in [0.05, 0.1) is 0 Å². The van der Waals surface area contributed by atoms with E-state index in [4.69, 9.17) is 0 Å². The van der Waals surface area contributed by atoms with Crippen LogP contribution in [0.25, 0.3) is 0 Å². The first-order chi connectivity index (χ1) is 11.4. The van der Waals surface area contributed by atoms with Gasteiger partial charge in [0.15, 0.2) is 0 Å². The number of aryl methyl sites for hydroxylation is 1. The zero-order valence-corrected chi connectivity index (χ0v) is 14.8. The molecule has 2 aromatic rings. The molecule has 0 aromatic heterocycles. The summed E-state index contributed by atoms with van der Waals surface area (Å²) in [5, 5.41) is 6.47. The Kier molecular flexibility index (Phi) is 4.61. The second-order valence-corrected chi connectivity index (χ2v) is 7.54. The van der Waals surface area contributed by atoms with Crippen LogP contribution in [0.4, 0.5) is 11.4 Å². The molecule has 0 saturated carbocycles. The highest BCUT2D eigenvalue weighted by Gasteiger charge is 2.15. The van der Waals surface area contributed by atoms with Gasteiger partial charge in [-0.25, -0.2) is 0 Å². The Bertz CT molecular complexity index is 726. The summed E-state index contributed by atoms with van der Waals surface area (Å²) in [6.07, 6.45) is 3.44. The molecule has 3 heteroatoms. The first kappa shape index (κ1) is 16.6. The summed E-state index contributed by atoms with van der Waals surface area (Å²) in [5.74, 6) is -0.0583. The van der Waals surface area contributed by atoms with Crippen molar-refractivity contribution in [1.82, 2.24) is 0 Å². The number of rotatable bonds is 2. The van der Waals surface area contributed by atoms with E-state index in [0.717, 1.165) is 18.7 Å². The quantitative estimate of drug-likeness (QED) is 0.818. The average molecular weight is 322 g/mol. The van der Waals surface area contributed by atoms with Crippen LogP contribution in [0.15, 0.2) is 42.5 Å². The lowest BCUT2D eigenvalue weighted by Gasteiger charge is -2.19. The number of benzene rings is 2. The van der Waals surface area contributed by atoms with Gasteiger partial charge in [-0.15, -0.1) is 0 Å². The molecule has 1 amide bonds. The number of hydrogen-bond acceptors (Lipinski definition) is 2. The van der Waals surface area contributed by atoms with Gasteiger partial charge in [0.25, 0.3) is 5.91 Å². The van der Waals surface area contributed by atoms with Gasteiger partial charge in [0, 0.05) is 23.5 Å². The zero-order valence-electron chi connectivity index (χ0n) is 14.8. The SMILES string of the molecule is CC(C)(C)c1ccc(C(=O)Nc2ccc3c(c2)CCCCN3)cc1. The summed E-state index contributed by atoms with van der Waals surface area (Å²) in [7, 11) is 0. The van der Waals surface area contributed by atoms with Crippen LogP contribution in [0, 0.1) is 0 Å². The van der Waals surface area contributed by atoms with E-state index in [-0.39, 0.29) is 11.3 Å². The Balaban J connectivity index is 1.74. The van der Waals surface area contributed by atoms with E-state index in [2.05, 4.69) is 43.5 Å². The van der Waals surface area contributed by atoms with Crippen LogP contribution >= 0.6 is 0 Å². The molecule has 2 aromatic carbocycles. The lowest BCUT2D eigenvalue weighted by molar-refractivity contribution is 0.102. The van der Waals surface area contributed by atoms with Crippen LogP contribution in [0.3, 0.4) is 0 Å². The molecule has 1 heterocycles. The predicted octanol–water partition coefficient (Wildman–Crippen LogP) is 4.98. The van der Waals surface area contributed by atoms with Crippen molar-refractivity contribution in [3.05, 3.63) is 59.2 Å². The van der Waals surface area contributed by atoms with E-state index in [9.17, 15) is 4.79 Å². The van der Waals surface area contributed by atoms with Gasteiger partial charge in [-0.3, -0.25) is 4.79 Å². The van der Waals surface area contributed by atoms with Gasteiger partial charge in [-0.2, -0.15) is 0 Å². The summed E-state index contributed by atoms with van der Waals surface area (Å²) in [6.45, 7) is 7.54. The van der Waals surface area contributed by atoms with Crippen molar-refractivity contribution in [3.63, 3.8) is 0 Å². The normalized spacial score (nSPS) is 14.3. The molecule has 0 saturated heterocycles. The smallest absolute Gasteiger partial charge is 0.255 e. The van der Waals surface area contributed by atoms with Crippen molar-refractivity contribution < 1.29 is 4.79 Å². The van der Waals surface area contributed by atoms with Crippen molar-refractivity contribution in [3.8, 4) is 0 Å². The van der Waals surface area contributed by atoms with E-state index >= 15 is 0 Å². The fourth-order valence-electron chi connectivity index (χ4n) is 3.04. The fraction of sp³-hybridized carbons (Fsp3) is 0.381. The Hall–Kier alpha value is -2.29. The number of carbonyl (C=O) groups excluding carboxylic acids is 1. The number of hydrogen-bond donors (Lipinski definition) is 2. The highest BCUT2D eigenvalue weighted by Crippen LogP contribution is 2.26. The first-order valence-electron chi connectivity index (χ1n) is 8.72. The molecule has 1 aliphatic heterocycles. The minimum absolute atomic E-state index is 0.0583. The number of nitrogens with one attached hydrogen (secondary N) is 2. The Morgan fingerprint density at radius 2 is 1.79 bits per heavy atom. The molecule has 24 heavy (non-hydrogen) atoms. The van der Waals surface area contributed by atoms with Crippen molar-refractivity contribution in [1.29, 1.82) is 0 Å². The van der Waals surface area contributed by atoms with Crippen molar-refractivity contribution >= 4 is 17.3 Å². The molecule has 3 rings (SSSR count). The molecule has 0 bridgehead atoms. The standard InChI is InChI=1S/C21H26N2O/c1-21(2,3)17-9-7-15(8-10-17)20(24)23-18-11-12-19-16(14-18)6-4-5-13-22-19/h7-12,14,22H,4-6,13H2,1-3H3,(H,23,24). The monoisotopic (exact) mass is 322 g/mol. The Morgan fingerprint density at radius 1 is 1.04 bits per heavy atom. The van der Waals surface area contributed by atoms with Gasteiger partial charge in [0.2, 0.25) is 0 Å². The molecule has 2 N–H and O–H groups in total. The molecule has 0 spiro atoms. The summed E-state index contributed by atoms with van der Waals surface area (Å²) < 4.78 is 0. The number of carbonyl (C=O) groups is 1. The maximum Gasteiger partial charge on any atom is 0.255 e. The predicted molar refractivity (Wildman–Crippen MR) is 101 cm³/mol. The largest absolute Gasteiger partial charge is 0.385 e. The highest BCUT2D eigenvalue weighted by atomic mass is 16.1. The van der Waals surface area contributed by atoms with E-state index in [1.54, 1.807) is 0 Å². The van der Waals surface area contributed by atoms with Crippen LogP contribution in [0.2, 0.25) is 0 Å². The van der Waals surface area contributed by atoms with E-state index in [0.29, 0.717) is 5.56 Å². The van der Waals surface area contributed by atoms with Crippen LogP contribution in [0.1, 0.15) is 55.1 Å². The van der Waals surface area contributed by atoms with E-state index in [1.165, 1.54) is 29.7 Å². The Morgan fingerprint density at radius 3 is 2.50 bits per heavy atom. The average Bonchev–Trinajstić information content (AvgIpc) is 2.79. The lowest BCUT2D eigenvalue weighted by atomic mass is 9.87. The van der Waals surface area contributed by atoms with Gasteiger partial charge in [0.1, 0.15) is 0 Å². The minimum atomic E-state index is -0.0583. The third-order valence-electron chi connectivity index (χ3n) is 4.56. The number of amides is 1. The molecule has 0 fully saturated rings. The van der Waals surface area contributed by atoms with Crippen molar-refractivity contribution in [2.24, 2.45) is 0 Å². The molecular weight excluding hydrogens is 296 g/mol. The Labute approximate surface area is 144 Å². The van der Waals surface area contributed by atoms with E-state index in [1.807, 2.05) is 30.3 Å². The fourth-order valence-corrected chi connectivity index (χ4v) is 3.04. The summed E-state index contributed by atoms with van der Waals surface area (Å²) in [5.41, 5.74) is 5.36. The molecule has 0 unspecified atom stereocenters. The van der Waals surface area contributed by atoms with Gasteiger partial charge < -0.3 is 10.6 Å². The second kappa shape index (κ2) is 6.68. The molecule has 1 aliphatic rings. The van der Waals surface area contributed by atoms with Gasteiger partial charge in [-0.05, 0) is 66.1 Å². The maximum atomic E-state index is 12.5. The van der Waals surface area contributed by atoms with Crippen LogP contribution < -0.4 is 10.6 Å². The molecule has 0 radical (unpaired) electrons. The lowest BCUT2D eigenvalue weighted by Crippen LogP contribution is -2.14. The summed E-state index contributed by atoms with van der Waals surface area (Å²) in [4.78, 5) is 12.5. The van der Waals surface area contributed by atoms with Crippen LogP contribution in [-0.4, -0.2) is 12.5 Å². The van der Waals surface area contributed by atoms with Gasteiger partial charge >= 0.3 is 0 Å². The van der Waals surface area contributed by atoms with Crippen molar-refractivity contribution in [2.45, 2.75) is 45.4 Å². The third kappa shape index (κ3) is 3.78. The number of anilines is 2. The van der Waals surface area contributed by atoms with Crippen molar-refractivity contribution in [2.75, 3.05) is 17.2 Å². The number of fused-ring (bicyclic) bond motifs is 1. The van der Waals surface area contributed by atoms with Crippen LogP contribution in [-0.2, 0) is 11.8 Å². The molecule has 0 aliphatic carbocycles.